The molecule has 1 aromatic carbocycles. The first-order valence-electron chi connectivity index (χ1n) is 7.74. The molecular weight excluding hydrogens is 312 g/mol. The van der Waals surface area contributed by atoms with Crippen molar-refractivity contribution in [2.24, 2.45) is 5.92 Å². The number of phenols is 1. The minimum atomic E-state index is -0.848. The van der Waals surface area contributed by atoms with Crippen LogP contribution in [0.1, 0.15) is 47.3 Å². The zero-order valence-corrected chi connectivity index (χ0v) is 14.3. The number of phenolic OH excluding ortho intramolecular Hbond substituents is 1. The fourth-order valence-corrected chi connectivity index (χ4v) is 2.96. The number of aliphatic carboxylic acids is 1. The molecule has 6 heteroatoms. The molecule has 2 N–H and O–H groups in total. The lowest BCUT2D eigenvalue weighted by Gasteiger charge is -2.16. The summed E-state index contributed by atoms with van der Waals surface area (Å²) in [5, 5.41) is 19.5. The summed E-state index contributed by atoms with van der Waals surface area (Å²) in [6, 6.07) is 0. The number of rotatable bonds is 6. The number of cyclic esters (lactones) is 1. The number of carboxylic acids is 1. The molecule has 130 valence electrons. The maximum atomic E-state index is 11.8. The maximum absolute atomic E-state index is 11.8. The van der Waals surface area contributed by atoms with E-state index in [0.717, 1.165) is 11.1 Å². The summed E-state index contributed by atoms with van der Waals surface area (Å²) in [7, 11) is 1.51. The lowest BCUT2D eigenvalue weighted by Crippen LogP contribution is -2.09. The summed E-state index contributed by atoms with van der Waals surface area (Å²) in [4.78, 5) is 22.8. The zero-order chi connectivity index (χ0) is 18.0. The highest BCUT2D eigenvalue weighted by Crippen LogP contribution is 2.42. The van der Waals surface area contributed by atoms with Crippen molar-refractivity contribution in [1.29, 1.82) is 0 Å². The van der Waals surface area contributed by atoms with Gasteiger partial charge in [-0.1, -0.05) is 18.6 Å². The van der Waals surface area contributed by atoms with Gasteiger partial charge in [-0.25, -0.2) is 4.79 Å². The molecule has 1 aliphatic rings. The van der Waals surface area contributed by atoms with Gasteiger partial charge in [0.25, 0.3) is 0 Å². The summed E-state index contributed by atoms with van der Waals surface area (Å²) in [5.41, 5.74) is 3.03. The van der Waals surface area contributed by atoms with Crippen LogP contribution < -0.4 is 4.74 Å². The van der Waals surface area contributed by atoms with Crippen molar-refractivity contribution >= 4 is 11.9 Å². The molecule has 1 unspecified atom stereocenters. The SMILES string of the molecule is COc1c(C)c2c(c(O)c1CC=C(C)CC(C)C(=O)O)C(=O)OC2. The van der Waals surface area contributed by atoms with Gasteiger partial charge in [0.05, 0.1) is 13.0 Å². The van der Waals surface area contributed by atoms with Crippen LogP contribution >= 0.6 is 0 Å². The second-order valence-electron chi connectivity index (χ2n) is 6.11. The molecule has 1 aliphatic heterocycles. The number of ether oxygens (including phenoxy) is 2. The number of aromatic hydroxyl groups is 1. The minimum absolute atomic E-state index is 0.120. The van der Waals surface area contributed by atoms with E-state index in [2.05, 4.69) is 0 Å². The number of hydrogen-bond donors (Lipinski definition) is 2. The van der Waals surface area contributed by atoms with E-state index in [9.17, 15) is 14.7 Å². The third-order valence-electron chi connectivity index (χ3n) is 4.35. The van der Waals surface area contributed by atoms with Crippen LogP contribution in [0.2, 0.25) is 0 Å². The average molecular weight is 334 g/mol. The standard InChI is InChI=1S/C18H22O6/c1-9(7-10(2)17(20)21)5-6-12-15(19)14-13(8-24-18(14)22)11(3)16(12)23-4/h5,10,19H,6-8H2,1-4H3,(H,20,21). The van der Waals surface area contributed by atoms with Crippen molar-refractivity contribution < 1.29 is 29.3 Å². The van der Waals surface area contributed by atoms with E-state index in [-0.39, 0.29) is 17.9 Å². The summed E-state index contributed by atoms with van der Waals surface area (Å²) < 4.78 is 10.4. The lowest BCUT2D eigenvalue weighted by atomic mass is 9.94. The number of benzene rings is 1. The van der Waals surface area contributed by atoms with E-state index in [1.54, 1.807) is 6.92 Å². The predicted octanol–water partition coefficient (Wildman–Crippen LogP) is 2.98. The molecule has 2 rings (SSSR count). The van der Waals surface area contributed by atoms with E-state index in [0.29, 0.717) is 29.7 Å². The van der Waals surface area contributed by atoms with Crippen LogP contribution in [-0.2, 0) is 22.6 Å². The molecule has 0 aliphatic carbocycles. The Balaban J connectivity index is 2.37. The minimum Gasteiger partial charge on any atom is -0.507 e. The Bertz CT molecular complexity index is 717. The fraction of sp³-hybridized carbons (Fsp3) is 0.444. The highest BCUT2D eigenvalue weighted by atomic mass is 16.5. The van der Waals surface area contributed by atoms with Crippen molar-refractivity contribution in [3.05, 3.63) is 33.9 Å². The van der Waals surface area contributed by atoms with Gasteiger partial charge in [0, 0.05) is 11.1 Å². The molecule has 0 spiro atoms. The first kappa shape index (κ1) is 17.8. The van der Waals surface area contributed by atoms with Crippen LogP contribution in [-0.4, -0.2) is 29.3 Å². The molecule has 0 saturated heterocycles. The molecule has 0 saturated carbocycles. The molecule has 0 fully saturated rings. The largest absolute Gasteiger partial charge is 0.507 e. The molecule has 1 heterocycles. The van der Waals surface area contributed by atoms with Gasteiger partial charge in [-0.15, -0.1) is 0 Å². The number of fused-ring (bicyclic) bond motifs is 1. The van der Waals surface area contributed by atoms with Gasteiger partial charge in [0.2, 0.25) is 0 Å². The van der Waals surface area contributed by atoms with Crippen LogP contribution in [0.3, 0.4) is 0 Å². The Labute approximate surface area is 140 Å². The van der Waals surface area contributed by atoms with Gasteiger partial charge in [0.15, 0.2) is 0 Å². The van der Waals surface area contributed by atoms with Crippen molar-refractivity contribution in [3.8, 4) is 11.5 Å². The quantitative estimate of drug-likeness (QED) is 0.614. The Kier molecular flexibility index (Phi) is 5.17. The lowest BCUT2D eigenvalue weighted by molar-refractivity contribution is -0.141. The Morgan fingerprint density at radius 1 is 1.46 bits per heavy atom. The van der Waals surface area contributed by atoms with E-state index < -0.39 is 17.9 Å². The van der Waals surface area contributed by atoms with Gasteiger partial charge in [0.1, 0.15) is 23.7 Å². The topological polar surface area (TPSA) is 93.1 Å². The van der Waals surface area contributed by atoms with E-state index in [4.69, 9.17) is 14.6 Å². The van der Waals surface area contributed by atoms with E-state index in [1.807, 2.05) is 19.9 Å². The van der Waals surface area contributed by atoms with Gasteiger partial charge in [-0.3, -0.25) is 4.79 Å². The van der Waals surface area contributed by atoms with Crippen molar-refractivity contribution in [3.63, 3.8) is 0 Å². The summed E-state index contributed by atoms with van der Waals surface area (Å²) >= 11 is 0. The molecule has 0 radical (unpaired) electrons. The summed E-state index contributed by atoms with van der Waals surface area (Å²) in [6.45, 7) is 5.45. The number of allylic oxidation sites excluding steroid dienone is 2. The molecular formula is C18H22O6. The van der Waals surface area contributed by atoms with Crippen LogP contribution in [0.4, 0.5) is 0 Å². The molecule has 0 aromatic heterocycles. The van der Waals surface area contributed by atoms with E-state index >= 15 is 0 Å². The smallest absolute Gasteiger partial charge is 0.342 e. The van der Waals surface area contributed by atoms with Crippen LogP contribution in [0.5, 0.6) is 11.5 Å². The zero-order valence-electron chi connectivity index (χ0n) is 14.3. The normalized spacial score (nSPS) is 15.0. The number of esters is 1. The van der Waals surface area contributed by atoms with Crippen LogP contribution in [0.15, 0.2) is 11.6 Å². The third kappa shape index (κ3) is 3.22. The second-order valence-corrected chi connectivity index (χ2v) is 6.11. The number of carbonyl (C=O) groups excluding carboxylic acids is 1. The highest BCUT2D eigenvalue weighted by molar-refractivity contribution is 5.98. The molecule has 1 atom stereocenters. The number of carbonyl (C=O) groups is 2. The van der Waals surface area contributed by atoms with Crippen LogP contribution in [0, 0.1) is 12.8 Å². The average Bonchev–Trinajstić information content (AvgIpc) is 2.91. The Morgan fingerprint density at radius 2 is 2.12 bits per heavy atom. The second kappa shape index (κ2) is 6.95. The summed E-state index contributed by atoms with van der Waals surface area (Å²) in [5.74, 6) is -1.45. The molecule has 0 bridgehead atoms. The van der Waals surface area contributed by atoms with Gasteiger partial charge >= 0.3 is 11.9 Å². The maximum Gasteiger partial charge on any atom is 0.342 e. The monoisotopic (exact) mass is 334 g/mol. The van der Waals surface area contributed by atoms with Gasteiger partial charge in [-0.2, -0.15) is 0 Å². The first-order chi connectivity index (χ1) is 11.3. The molecule has 0 amide bonds. The van der Waals surface area contributed by atoms with E-state index in [1.165, 1.54) is 7.11 Å². The van der Waals surface area contributed by atoms with Gasteiger partial charge in [-0.05, 0) is 32.3 Å². The van der Waals surface area contributed by atoms with Gasteiger partial charge < -0.3 is 19.7 Å². The number of methoxy groups -OCH3 is 1. The fourth-order valence-electron chi connectivity index (χ4n) is 2.96. The Hall–Kier alpha value is -2.50. The van der Waals surface area contributed by atoms with Crippen molar-refractivity contribution in [2.75, 3.05) is 7.11 Å². The molecule has 24 heavy (non-hydrogen) atoms. The highest BCUT2D eigenvalue weighted by Gasteiger charge is 2.31. The molecule has 6 nitrogen and oxygen atoms in total. The van der Waals surface area contributed by atoms with Crippen LogP contribution in [0.25, 0.3) is 0 Å². The number of hydrogen-bond acceptors (Lipinski definition) is 5. The third-order valence-corrected chi connectivity index (χ3v) is 4.35. The predicted molar refractivity (Wildman–Crippen MR) is 87.4 cm³/mol. The Morgan fingerprint density at radius 3 is 2.71 bits per heavy atom. The van der Waals surface area contributed by atoms with Crippen molar-refractivity contribution in [2.45, 2.75) is 40.2 Å². The van der Waals surface area contributed by atoms with Crippen molar-refractivity contribution in [1.82, 2.24) is 0 Å². The molecule has 1 aromatic rings. The summed E-state index contributed by atoms with van der Waals surface area (Å²) in [6.07, 6.45) is 2.61. The first-order valence-corrected chi connectivity index (χ1v) is 7.74. The number of carboxylic acid groups (broad SMARTS) is 1.